The van der Waals surface area contributed by atoms with Crippen LogP contribution >= 0.6 is 0 Å². The van der Waals surface area contributed by atoms with E-state index in [2.05, 4.69) is 5.32 Å². The summed E-state index contributed by atoms with van der Waals surface area (Å²) in [6.45, 7) is 3.34. The Hall–Kier alpha value is -5.23. The van der Waals surface area contributed by atoms with Gasteiger partial charge in [-0.15, -0.1) is 0 Å². The van der Waals surface area contributed by atoms with Crippen molar-refractivity contribution in [2.75, 3.05) is 6.61 Å². The zero-order chi connectivity index (χ0) is 33.1. The Morgan fingerprint density at radius 3 is 1.87 bits per heavy atom. The molecule has 1 fully saturated rings. The number of benzene rings is 3. The van der Waals surface area contributed by atoms with Gasteiger partial charge < -0.3 is 33.7 Å². The first kappa shape index (κ1) is 33.7. The molecule has 3 aromatic carbocycles. The fourth-order valence-corrected chi connectivity index (χ4v) is 4.77. The maximum Gasteiger partial charge on any atom is 0.312 e. The highest BCUT2D eigenvalue weighted by Gasteiger charge is 2.52. The lowest BCUT2D eigenvalue weighted by Gasteiger charge is -2.44. The number of amides is 1. The topological polar surface area (TPSA) is 153 Å². The summed E-state index contributed by atoms with van der Waals surface area (Å²) in [6.07, 6.45) is -5.63. The van der Waals surface area contributed by atoms with Gasteiger partial charge in [-0.3, -0.25) is 24.0 Å². The molecule has 1 aliphatic heterocycles. The Kier molecular flexibility index (Phi) is 11.8. The van der Waals surface area contributed by atoms with Crippen LogP contribution < -0.4 is 10.1 Å². The van der Waals surface area contributed by atoms with E-state index in [1.165, 1.54) is 19.1 Å². The summed E-state index contributed by atoms with van der Waals surface area (Å²) in [7, 11) is 0. The molecule has 0 spiro atoms. The van der Waals surface area contributed by atoms with Crippen LogP contribution in [0.1, 0.15) is 42.3 Å². The lowest BCUT2D eigenvalue weighted by molar-refractivity contribution is -0.270. The monoisotopic (exact) mass is 633 g/mol. The third kappa shape index (κ3) is 9.89. The molecule has 3 aromatic rings. The molecule has 1 N–H and O–H groups in total. The van der Waals surface area contributed by atoms with Crippen molar-refractivity contribution in [3.05, 3.63) is 102 Å². The van der Waals surface area contributed by atoms with Gasteiger partial charge in [0.15, 0.2) is 12.2 Å². The normalized spacial score (nSPS) is 20.5. The number of hydrogen-bond acceptors (Lipinski definition) is 11. The molecular weight excluding hydrogens is 598 g/mol. The molecule has 12 nitrogen and oxygen atoms in total. The van der Waals surface area contributed by atoms with Gasteiger partial charge in [0.25, 0.3) is 5.91 Å². The van der Waals surface area contributed by atoms with E-state index in [0.29, 0.717) is 17.9 Å². The number of nitrogens with one attached hydrogen (secondary N) is 1. The molecule has 12 heteroatoms. The molecule has 0 saturated carbocycles. The maximum absolute atomic E-state index is 13.5. The van der Waals surface area contributed by atoms with Gasteiger partial charge in [-0.25, -0.2) is 0 Å². The first-order valence-corrected chi connectivity index (χ1v) is 14.5. The summed E-state index contributed by atoms with van der Waals surface area (Å²) in [5.74, 6) is -3.01. The molecule has 1 heterocycles. The van der Waals surface area contributed by atoms with Gasteiger partial charge in [-0.05, 0) is 35.4 Å². The second kappa shape index (κ2) is 16.2. The van der Waals surface area contributed by atoms with Crippen molar-refractivity contribution in [2.24, 2.45) is 0 Å². The number of hydrogen-bond donors (Lipinski definition) is 1. The van der Waals surface area contributed by atoms with E-state index < -0.39 is 67.0 Å². The zero-order valence-corrected chi connectivity index (χ0v) is 25.6. The quantitative estimate of drug-likeness (QED) is 0.231. The van der Waals surface area contributed by atoms with Gasteiger partial charge in [0, 0.05) is 26.3 Å². The van der Waals surface area contributed by atoms with Crippen LogP contribution in [0.4, 0.5) is 0 Å². The van der Waals surface area contributed by atoms with Gasteiger partial charge >= 0.3 is 23.9 Å². The maximum atomic E-state index is 13.5. The second-order valence-electron chi connectivity index (χ2n) is 10.4. The Bertz CT molecular complexity index is 1490. The van der Waals surface area contributed by atoms with Crippen molar-refractivity contribution in [3.8, 4) is 5.75 Å². The van der Waals surface area contributed by atoms with Gasteiger partial charge in [0.1, 0.15) is 31.1 Å². The van der Waals surface area contributed by atoms with Crippen LogP contribution in [0.15, 0.2) is 84.9 Å². The highest BCUT2D eigenvalue weighted by atomic mass is 16.7. The SMILES string of the molecule is CC(=O)OC[C@H]1O[C@H](OC(=O)Cc2ccccc2)[C@H](NC(=O)c2ccc(OCc3ccccc3)cc2)[C@@H](OC(C)=O)[C@@H]1OC(C)=O. The molecule has 0 aromatic heterocycles. The van der Waals surface area contributed by atoms with Gasteiger partial charge in [0.2, 0.25) is 6.29 Å². The van der Waals surface area contributed by atoms with Gasteiger partial charge in [0.05, 0.1) is 6.42 Å². The molecule has 5 atom stereocenters. The van der Waals surface area contributed by atoms with Crippen LogP contribution in [0.2, 0.25) is 0 Å². The first-order valence-electron chi connectivity index (χ1n) is 14.5. The van der Waals surface area contributed by atoms with Crippen LogP contribution in [-0.4, -0.2) is 67.0 Å². The Morgan fingerprint density at radius 1 is 0.696 bits per heavy atom. The average molecular weight is 634 g/mol. The predicted molar refractivity (Wildman–Crippen MR) is 161 cm³/mol. The third-order valence-corrected chi connectivity index (χ3v) is 6.80. The third-order valence-electron chi connectivity index (χ3n) is 6.80. The molecule has 242 valence electrons. The summed E-state index contributed by atoms with van der Waals surface area (Å²) >= 11 is 0. The van der Waals surface area contributed by atoms with E-state index in [1.807, 2.05) is 30.3 Å². The summed E-state index contributed by atoms with van der Waals surface area (Å²) < 4.78 is 33.6. The minimum absolute atomic E-state index is 0.133. The van der Waals surface area contributed by atoms with E-state index in [1.54, 1.807) is 42.5 Å². The molecule has 4 rings (SSSR count). The number of carbonyl (C=O) groups excluding carboxylic acids is 5. The van der Waals surface area contributed by atoms with Crippen molar-refractivity contribution in [3.63, 3.8) is 0 Å². The van der Waals surface area contributed by atoms with Crippen molar-refractivity contribution in [2.45, 2.75) is 64.4 Å². The van der Waals surface area contributed by atoms with Crippen molar-refractivity contribution >= 4 is 29.8 Å². The lowest BCUT2D eigenvalue weighted by Crippen LogP contribution is -2.67. The van der Waals surface area contributed by atoms with Crippen LogP contribution in [0, 0.1) is 0 Å². The number of rotatable bonds is 12. The van der Waals surface area contributed by atoms with E-state index in [9.17, 15) is 24.0 Å². The van der Waals surface area contributed by atoms with Crippen LogP contribution in [0.5, 0.6) is 5.75 Å². The summed E-state index contributed by atoms with van der Waals surface area (Å²) in [5, 5.41) is 2.72. The Balaban J connectivity index is 1.59. The van der Waals surface area contributed by atoms with E-state index in [0.717, 1.165) is 19.4 Å². The van der Waals surface area contributed by atoms with Crippen LogP contribution in [-0.2, 0) is 55.9 Å². The fourth-order valence-electron chi connectivity index (χ4n) is 4.77. The number of ether oxygens (including phenoxy) is 6. The number of carbonyl (C=O) groups is 5. The number of esters is 4. The molecular formula is C34H35NO11. The molecule has 46 heavy (non-hydrogen) atoms. The van der Waals surface area contributed by atoms with Crippen LogP contribution in [0.25, 0.3) is 0 Å². The lowest BCUT2D eigenvalue weighted by atomic mass is 9.95. The van der Waals surface area contributed by atoms with Gasteiger partial charge in [-0.2, -0.15) is 0 Å². The summed E-state index contributed by atoms with van der Waals surface area (Å²) in [4.78, 5) is 62.5. The van der Waals surface area contributed by atoms with Crippen molar-refractivity contribution in [1.82, 2.24) is 5.32 Å². The average Bonchev–Trinajstić information content (AvgIpc) is 3.02. The summed E-state index contributed by atoms with van der Waals surface area (Å²) in [5.41, 5.74) is 1.83. The summed E-state index contributed by atoms with van der Waals surface area (Å²) in [6, 6.07) is 23.3. The minimum Gasteiger partial charge on any atom is -0.489 e. The molecule has 0 aliphatic carbocycles. The zero-order valence-electron chi connectivity index (χ0n) is 25.6. The standard InChI is InChI=1S/C34H35NO11/c1-21(36)41-20-28-31(43-22(2)37)32(44-23(3)38)30(34(45-28)46-29(39)18-24-10-6-4-7-11-24)35-33(40)26-14-16-27(17-15-26)42-19-25-12-8-5-9-13-25/h4-17,28,30-32,34H,18-20H2,1-3H3,(H,35,40)/t28-,30-,31-,32-,34-/m1/s1. The van der Waals surface area contributed by atoms with Gasteiger partial charge in [-0.1, -0.05) is 60.7 Å². The van der Waals surface area contributed by atoms with Crippen molar-refractivity contribution < 1.29 is 52.4 Å². The fraction of sp³-hybridized carbons (Fsp3) is 0.324. The smallest absolute Gasteiger partial charge is 0.312 e. The van der Waals surface area contributed by atoms with Crippen molar-refractivity contribution in [1.29, 1.82) is 0 Å². The molecule has 1 saturated heterocycles. The molecule has 0 unspecified atom stereocenters. The molecule has 0 bridgehead atoms. The molecule has 1 amide bonds. The molecule has 0 radical (unpaired) electrons. The largest absolute Gasteiger partial charge is 0.489 e. The second-order valence-corrected chi connectivity index (χ2v) is 10.4. The van der Waals surface area contributed by atoms with E-state index in [-0.39, 0.29) is 12.0 Å². The predicted octanol–water partition coefficient (Wildman–Crippen LogP) is 3.30. The van der Waals surface area contributed by atoms with Crippen LogP contribution in [0.3, 0.4) is 0 Å². The first-order chi connectivity index (χ1) is 22.1. The van der Waals surface area contributed by atoms with E-state index >= 15 is 0 Å². The minimum atomic E-state index is -1.54. The highest BCUT2D eigenvalue weighted by Crippen LogP contribution is 2.29. The Morgan fingerprint density at radius 2 is 1.28 bits per heavy atom. The Labute approximate surface area is 265 Å². The molecule has 1 aliphatic rings. The highest BCUT2D eigenvalue weighted by molar-refractivity contribution is 5.94. The van der Waals surface area contributed by atoms with E-state index in [4.69, 9.17) is 28.4 Å².